The third kappa shape index (κ3) is 6.27. The van der Waals surface area contributed by atoms with E-state index in [1.54, 1.807) is 30.3 Å². The molecule has 1 heterocycles. The number of hydrogen-bond acceptors (Lipinski definition) is 5. The van der Waals surface area contributed by atoms with Gasteiger partial charge in [0.2, 0.25) is 10.0 Å². The number of aliphatic hydroxyl groups is 1. The number of rotatable bonds is 8. The molecule has 0 unspecified atom stereocenters. The number of likely N-dealkylation sites (tertiary alicyclic amines) is 1. The zero-order valence-electron chi connectivity index (χ0n) is 17.0. The quantitative estimate of drug-likeness (QED) is 0.689. The van der Waals surface area contributed by atoms with Crippen molar-refractivity contribution in [3.63, 3.8) is 0 Å². The zero-order chi connectivity index (χ0) is 20.9. The van der Waals surface area contributed by atoms with Gasteiger partial charge in [0.15, 0.2) is 0 Å². The Balaban J connectivity index is 1.43. The molecule has 0 aliphatic carbocycles. The first-order chi connectivity index (χ1) is 13.8. The minimum absolute atomic E-state index is 0.0835. The molecular formula is C22H30N2O4S. The van der Waals surface area contributed by atoms with E-state index in [-0.39, 0.29) is 12.6 Å². The number of aryl methyl sites for hydroxylation is 2. The lowest BCUT2D eigenvalue weighted by atomic mass is 10.1. The van der Waals surface area contributed by atoms with E-state index in [1.165, 1.54) is 0 Å². The van der Waals surface area contributed by atoms with E-state index in [1.807, 2.05) is 32.0 Å². The predicted molar refractivity (Wildman–Crippen MR) is 114 cm³/mol. The van der Waals surface area contributed by atoms with E-state index in [2.05, 4.69) is 9.62 Å². The number of β-amino-alcohol motifs (C(OH)–C–C–N with tert-alkyl or cyclic N) is 1. The Morgan fingerprint density at radius 3 is 2.52 bits per heavy atom. The summed E-state index contributed by atoms with van der Waals surface area (Å²) in [6, 6.07) is 14.4. The van der Waals surface area contributed by atoms with E-state index in [0.717, 1.165) is 42.8 Å². The number of aliphatic hydroxyl groups excluding tert-OH is 1. The second-order valence-corrected chi connectivity index (χ2v) is 9.46. The van der Waals surface area contributed by atoms with Crippen molar-refractivity contribution in [3.8, 4) is 5.75 Å². The Kier molecular flexibility index (Phi) is 7.29. The lowest BCUT2D eigenvalue weighted by Crippen LogP contribution is -2.47. The Hall–Kier alpha value is -1.93. The van der Waals surface area contributed by atoms with Crippen molar-refractivity contribution < 1.29 is 18.3 Å². The smallest absolute Gasteiger partial charge is 0.240 e. The van der Waals surface area contributed by atoms with Crippen molar-refractivity contribution in [1.29, 1.82) is 0 Å². The molecule has 0 saturated carbocycles. The zero-order valence-corrected chi connectivity index (χ0v) is 17.9. The number of piperidine rings is 1. The topological polar surface area (TPSA) is 78.9 Å². The molecule has 158 valence electrons. The normalized spacial score (nSPS) is 17.2. The van der Waals surface area contributed by atoms with Crippen molar-refractivity contribution in [2.45, 2.75) is 43.7 Å². The van der Waals surface area contributed by atoms with Crippen LogP contribution in [0.25, 0.3) is 0 Å². The molecule has 1 fully saturated rings. The van der Waals surface area contributed by atoms with Crippen molar-refractivity contribution in [2.24, 2.45) is 0 Å². The highest BCUT2D eigenvalue weighted by molar-refractivity contribution is 7.89. The van der Waals surface area contributed by atoms with Crippen LogP contribution < -0.4 is 9.46 Å². The van der Waals surface area contributed by atoms with Gasteiger partial charge in [0.05, 0.1) is 4.90 Å². The Labute approximate surface area is 173 Å². The number of ether oxygens (including phenoxy) is 1. The summed E-state index contributed by atoms with van der Waals surface area (Å²) in [4.78, 5) is 2.45. The van der Waals surface area contributed by atoms with Crippen molar-refractivity contribution in [3.05, 3.63) is 59.7 Å². The molecule has 0 aromatic heterocycles. The van der Waals surface area contributed by atoms with E-state index < -0.39 is 16.1 Å². The van der Waals surface area contributed by atoms with Crippen LogP contribution in [-0.2, 0) is 10.0 Å². The number of hydrogen-bond donors (Lipinski definition) is 2. The molecule has 7 heteroatoms. The van der Waals surface area contributed by atoms with Crippen LogP contribution in [0.2, 0.25) is 0 Å². The van der Waals surface area contributed by atoms with Crippen LogP contribution in [0.1, 0.15) is 24.0 Å². The summed E-state index contributed by atoms with van der Waals surface area (Å²) >= 11 is 0. The largest absolute Gasteiger partial charge is 0.491 e. The maximum absolute atomic E-state index is 12.4. The highest BCUT2D eigenvalue weighted by atomic mass is 32.2. The number of benzene rings is 2. The molecule has 0 amide bonds. The van der Waals surface area contributed by atoms with Gasteiger partial charge in [-0.1, -0.05) is 30.3 Å². The van der Waals surface area contributed by atoms with Gasteiger partial charge in [0.25, 0.3) is 0 Å². The number of sulfonamides is 1. The fourth-order valence-electron chi connectivity index (χ4n) is 3.52. The highest BCUT2D eigenvalue weighted by Crippen LogP contribution is 2.20. The van der Waals surface area contributed by atoms with Gasteiger partial charge in [-0.2, -0.15) is 0 Å². The third-order valence-electron chi connectivity index (χ3n) is 5.21. The third-order valence-corrected chi connectivity index (χ3v) is 6.74. The summed E-state index contributed by atoms with van der Waals surface area (Å²) in [6.07, 6.45) is 0.847. The second kappa shape index (κ2) is 9.71. The van der Waals surface area contributed by atoms with Crippen LogP contribution in [-0.4, -0.2) is 56.8 Å². The van der Waals surface area contributed by atoms with E-state index >= 15 is 0 Å². The van der Waals surface area contributed by atoms with Gasteiger partial charge in [-0.3, -0.25) is 0 Å². The van der Waals surface area contributed by atoms with E-state index in [4.69, 9.17) is 4.74 Å². The van der Waals surface area contributed by atoms with E-state index in [0.29, 0.717) is 11.4 Å². The van der Waals surface area contributed by atoms with Gasteiger partial charge in [0.1, 0.15) is 18.5 Å². The van der Waals surface area contributed by atoms with Gasteiger partial charge >= 0.3 is 0 Å². The van der Waals surface area contributed by atoms with Gasteiger partial charge in [0, 0.05) is 12.6 Å². The van der Waals surface area contributed by atoms with Crippen LogP contribution in [0.15, 0.2) is 53.4 Å². The predicted octanol–water partition coefficient (Wildman–Crippen LogP) is 2.49. The average molecular weight is 419 g/mol. The highest BCUT2D eigenvalue weighted by Gasteiger charge is 2.25. The van der Waals surface area contributed by atoms with Crippen molar-refractivity contribution in [2.75, 3.05) is 26.2 Å². The summed E-state index contributed by atoms with van der Waals surface area (Å²) in [5.41, 5.74) is 2.18. The number of nitrogens with zero attached hydrogens (tertiary/aromatic N) is 1. The van der Waals surface area contributed by atoms with Crippen LogP contribution in [0, 0.1) is 13.8 Å². The Morgan fingerprint density at radius 2 is 1.83 bits per heavy atom. The fourth-order valence-corrected chi connectivity index (χ4v) is 4.85. The molecule has 2 aromatic carbocycles. The SMILES string of the molecule is Cc1ccc(C)c(OC[C@H](O)CN2CCC(NS(=O)(=O)c3ccccc3)CC2)c1. The van der Waals surface area contributed by atoms with Crippen molar-refractivity contribution in [1.82, 2.24) is 9.62 Å². The fraction of sp³-hybridized carbons (Fsp3) is 0.455. The second-order valence-electron chi connectivity index (χ2n) is 7.74. The molecule has 0 radical (unpaired) electrons. The lowest BCUT2D eigenvalue weighted by molar-refractivity contribution is 0.0588. The molecule has 1 aliphatic rings. The first-order valence-electron chi connectivity index (χ1n) is 10.0. The summed E-state index contributed by atoms with van der Waals surface area (Å²) in [5.74, 6) is 0.804. The minimum atomic E-state index is -3.49. The van der Waals surface area contributed by atoms with Gasteiger partial charge in [-0.15, -0.1) is 0 Å². The maximum Gasteiger partial charge on any atom is 0.240 e. The Bertz CT molecular complexity index is 894. The number of nitrogens with one attached hydrogen (secondary N) is 1. The first-order valence-corrected chi connectivity index (χ1v) is 11.5. The van der Waals surface area contributed by atoms with Crippen LogP contribution in [0.4, 0.5) is 0 Å². The molecule has 0 spiro atoms. The molecule has 0 bridgehead atoms. The standard InChI is InChI=1S/C22H30N2O4S/c1-17-8-9-18(2)22(14-17)28-16-20(25)15-24-12-10-19(11-13-24)23-29(26,27)21-6-4-3-5-7-21/h3-9,14,19-20,23,25H,10-13,15-16H2,1-2H3/t20-/m1/s1. The molecule has 2 aromatic rings. The van der Waals surface area contributed by atoms with E-state index in [9.17, 15) is 13.5 Å². The first kappa shape index (κ1) is 21.8. The average Bonchev–Trinajstić information content (AvgIpc) is 2.70. The van der Waals surface area contributed by atoms with Gasteiger partial charge in [-0.25, -0.2) is 13.1 Å². The monoisotopic (exact) mass is 418 g/mol. The Morgan fingerprint density at radius 1 is 1.14 bits per heavy atom. The van der Waals surface area contributed by atoms with Gasteiger partial charge in [-0.05, 0) is 69.1 Å². The summed E-state index contributed by atoms with van der Waals surface area (Å²) in [5, 5.41) is 10.3. The summed E-state index contributed by atoms with van der Waals surface area (Å²) in [6.45, 7) is 6.24. The van der Waals surface area contributed by atoms with Gasteiger partial charge < -0.3 is 14.7 Å². The molecule has 6 nitrogen and oxygen atoms in total. The summed E-state index contributed by atoms with van der Waals surface area (Å²) < 4.78 is 33.5. The van der Waals surface area contributed by atoms with Crippen LogP contribution >= 0.6 is 0 Å². The van der Waals surface area contributed by atoms with Crippen molar-refractivity contribution >= 4 is 10.0 Å². The van der Waals surface area contributed by atoms with Crippen LogP contribution in [0.3, 0.4) is 0 Å². The molecule has 1 aliphatic heterocycles. The maximum atomic E-state index is 12.4. The summed E-state index contributed by atoms with van der Waals surface area (Å²) in [7, 11) is -3.49. The van der Waals surface area contributed by atoms with Crippen LogP contribution in [0.5, 0.6) is 5.75 Å². The molecule has 1 atom stereocenters. The molecule has 3 rings (SSSR count). The molecule has 29 heavy (non-hydrogen) atoms. The molecular weight excluding hydrogens is 388 g/mol. The lowest BCUT2D eigenvalue weighted by Gasteiger charge is -2.33. The molecule has 2 N–H and O–H groups in total. The minimum Gasteiger partial charge on any atom is -0.491 e. The molecule has 1 saturated heterocycles.